The highest BCUT2D eigenvalue weighted by Crippen LogP contribution is 2.32. The molecule has 29 heavy (non-hydrogen) atoms. The summed E-state index contributed by atoms with van der Waals surface area (Å²) in [4.78, 5) is 22.1. The number of anilines is 1. The van der Waals surface area contributed by atoms with Crippen LogP contribution in [0.4, 0.5) is 5.13 Å². The Balaban J connectivity index is 1.65. The predicted octanol–water partition coefficient (Wildman–Crippen LogP) is 3.94. The molecule has 3 aromatic rings. The molecule has 1 amide bonds. The van der Waals surface area contributed by atoms with E-state index in [2.05, 4.69) is 4.90 Å². The topological polar surface area (TPSA) is 54.9 Å². The van der Waals surface area contributed by atoms with Gasteiger partial charge in [0.1, 0.15) is 5.75 Å². The van der Waals surface area contributed by atoms with Gasteiger partial charge in [-0.3, -0.25) is 14.6 Å². The minimum Gasteiger partial charge on any atom is -0.497 e. The molecule has 1 aliphatic rings. The maximum Gasteiger partial charge on any atom is 0.261 e. The molecule has 0 saturated carbocycles. The molecule has 0 radical (unpaired) electrons. The molecule has 152 valence electrons. The molecule has 1 aliphatic heterocycles. The number of thiazole rings is 1. The number of morpholine rings is 1. The van der Waals surface area contributed by atoms with Gasteiger partial charge in [-0.1, -0.05) is 35.1 Å². The number of fused-ring (bicyclic) bond motifs is 1. The van der Waals surface area contributed by atoms with E-state index in [1.165, 1.54) is 11.3 Å². The van der Waals surface area contributed by atoms with Crippen molar-refractivity contribution in [3.05, 3.63) is 53.1 Å². The Labute approximate surface area is 178 Å². The van der Waals surface area contributed by atoms with Crippen LogP contribution in [0.5, 0.6) is 5.75 Å². The van der Waals surface area contributed by atoms with Crippen LogP contribution in [0.15, 0.2) is 42.5 Å². The van der Waals surface area contributed by atoms with Gasteiger partial charge in [-0.2, -0.15) is 0 Å². The zero-order chi connectivity index (χ0) is 20.2. The van der Waals surface area contributed by atoms with Crippen molar-refractivity contribution in [3.63, 3.8) is 0 Å². The smallest absolute Gasteiger partial charge is 0.261 e. The van der Waals surface area contributed by atoms with E-state index < -0.39 is 0 Å². The Bertz CT molecular complexity index is 1000. The first kappa shape index (κ1) is 20.1. The SMILES string of the molecule is COc1ccc2nc(N(CCN3CCOCC3)C(=O)c3ccccc3Cl)sc2c1. The van der Waals surface area contributed by atoms with Gasteiger partial charge in [0, 0.05) is 26.2 Å². The maximum atomic E-state index is 13.4. The number of nitrogens with zero attached hydrogens (tertiary/aromatic N) is 3. The Morgan fingerprint density at radius 3 is 2.83 bits per heavy atom. The molecule has 1 aromatic heterocycles. The van der Waals surface area contributed by atoms with Crippen molar-refractivity contribution in [3.8, 4) is 5.75 Å². The van der Waals surface area contributed by atoms with Crippen LogP contribution >= 0.6 is 22.9 Å². The summed E-state index contributed by atoms with van der Waals surface area (Å²) in [5.74, 6) is 0.625. The Morgan fingerprint density at radius 2 is 2.07 bits per heavy atom. The normalized spacial score (nSPS) is 14.8. The lowest BCUT2D eigenvalue weighted by atomic mass is 10.2. The molecular formula is C21H22ClN3O3S. The van der Waals surface area contributed by atoms with Gasteiger partial charge in [-0.15, -0.1) is 0 Å². The quantitative estimate of drug-likeness (QED) is 0.591. The largest absolute Gasteiger partial charge is 0.497 e. The van der Waals surface area contributed by atoms with E-state index >= 15 is 0 Å². The van der Waals surface area contributed by atoms with Crippen LogP contribution in [0.25, 0.3) is 10.2 Å². The number of rotatable bonds is 6. The summed E-state index contributed by atoms with van der Waals surface area (Å²) >= 11 is 7.79. The summed E-state index contributed by atoms with van der Waals surface area (Å²) in [6.07, 6.45) is 0. The van der Waals surface area contributed by atoms with Gasteiger partial charge in [-0.25, -0.2) is 4.98 Å². The number of hydrogen-bond donors (Lipinski definition) is 0. The highest BCUT2D eigenvalue weighted by molar-refractivity contribution is 7.22. The van der Waals surface area contributed by atoms with Crippen molar-refractivity contribution < 1.29 is 14.3 Å². The third kappa shape index (κ3) is 4.53. The third-order valence-electron chi connectivity index (χ3n) is 4.91. The van der Waals surface area contributed by atoms with Crippen LogP contribution in [0.3, 0.4) is 0 Å². The van der Waals surface area contributed by atoms with E-state index in [0.29, 0.717) is 22.3 Å². The van der Waals surface area contributed by atoms with Crippen LogP contribution < -0.4 is 9.64 Å². The highest BCUT2D eigenvalue weighted by Gasteiger charge is 2.24. The summed E-state index contributed by atoms with van der Waals surface area (Å²) in [5.41, 5.74) is 1.32. The molecular weight excluding hydrogens is 410 g/mol. The number of amides is 1. The lowest BCUT2D eigenvalue weighted by Gasteiger charge is -2.29. The molecule has 0 bridgehead atoms. The average Bonchev–Trinajstić information content (AvgIpc) is 3.17. The molecule has 2 heterocycles. The molecule has 1 saturated heterocycles. The van der Waals surface area contributed by atoms with Crippen LogP contribution in [-0.2, 0) is 4.74 Å². The number of carbonyl (C=O) groups is 1. The van der Waals surface area contributed by atoms with Gasteiger partial charge in [0.05, 0.1) is 41.1 Å². The first-order valence-corrected chi connectivity index (χ1v) is 10.7. The Kier molecular flexibility index (Phi) is 6.30. The van der Waals surface area contributed by atoms with Gasteiger partial charge in [0.15, 0.2) is 5.13 Å². The van der Waals surface area contributed by atoms with Crippen molar-refractivity contribution in [1.82, 2.24) is 9.88 Å². The van der Waals surface area contributed by atoms with Crippen molar-refractivity contribution in [2.75, 3.05) is 51.4 Å². The molecule has 8 heteroatoms. The summed E-state index contributed by atoms with van der Waals surface area (Å²) in [7, 11) is 1.64. The third-order valence-corrected chi connectivity index (χ3v) is 6.28. The highest BCUT2D eigenvalue weighted by atomic mass is 35.5. The predicted molar refractivity (Wildman–Crippen MR) is 117 cm³/mol. The van der Waals surface area contributed by atoms with Crippen LogP contribution in [0.2, 0.25) is 5.02 Å². The Hall–Kier alpha value is -2.19. The number of carbonyl (C=O) groups excluding carboxylic acids is 1. The van der Waals surface area contributed by atoms with E-state index in [-0.39, 0.29) is 5.91 Å². The molecule has 0 atom stereocenters. The lowest BCUT2D eigenvalue weighted by Crippen LogP contribution is -2.43. The van der Waals surface area contributed by atoms with Crippen molar-refractivity contribution in [2.45, 2.75) is 0 Å². The average molecular weight is 432 g/mol. The van der Waals surface area contributed by atoms with Gasteiger partial charge >= 0.3 is 0 Å². The van der Waals surface area contributed by atoms with E-state index in [0.717, 1.165) is 48.8 Å². The molecule has 1 fully saturated rings. The zero-order valence-corrected chi connectivity index (χ0v) is 17.7. The molecule has 2 aromatic carbocycles. The van der Waals surface area contributed by atoms with Gasteiger partial charge in [0.2, 0.25) is 0 Å². The van der Waals surface area contributed by atoms with Gasteiger partial charge in [-0.05, 0) is 30.3 Å². The van der Waals surface area contributed by atoms with E-state index in [1.807, 2.05) is 30.3 Å². The first-order chi connectivity index (χ1) is 14.2. The minimum absolute atomic E-state index is 0.144. The lowest BCUT2D eigenvalue weighted by molar-refractivity contribution is 0.0391. The Morgan fingerprint density at radius 1 is 1.28 bits per heavy atom. The molecule has 0 unspecified atom stereocenters. The van der Waals surface area contributed by atoms with Crippen molar-refractivity contribution >= 4 is 44.2 Å². The standard InChI is InChI=1S/C21H22ClN3O3S/c1-27-15-6-7-18-19(14-15)29-21(23-18)25(9-8-24-10-12-28-13-11-24)20(26)16-4-2-3-5-17(16)22/h2-7,14H,8-13H2,1H3. The van der Waals surface area contributed by atoms with Crippen LogP contribution in [0.1, 0.15) is 10.4 Å². The number of halogens is 1. The molecule has 6 nitrogen and oxygen atoms in total. The first-order valence-electron chi connectivity index (χ1n) is 9.47. The van der Waals surface area contributed by atoms with Crippen molar-refractivity contribution in [2.24, 2.45) is 0 Å². The summed E-state index contributed by atoms with van der Waals surface area (Å²) < 4.78 is 11.7. The molecule has 0 spiro atoms. The fourth-order valence-electron chi connectivity index (χ4n) is 3.27. The summed E-state index contributed by atoms with van der Waals surface area (Å²) in [5, 5.41) is 1.10. The van der Waals surface area contributed by atoms with E-state index in [1.54, 1.807) is 24.1 Å². The van der Waals surface area contributed by atoms with E-state index in [4.69, 9.17) is 26.1 Å². The van der Waals surface area contributed by atoms with Crippen molar-refractivity contribution in [1.29, 1.82) is 0 Å². The minimum atomic E-state index is -0.144. The van der Waals surface area contributed by atoms with Gasteiger partial charge in [0.25, 0.3) is 5.91 Å². The number of ether oxygens (including phenoxy) is 2. The molecule has 4 rings (SSSR count). The van der Waals surface area contributed by atoms with Gasteiger partial charge < -0.3 is 9.47 Å². The zero-order valence-electron chi connectivity index (χ0n) is 16.1. The second-order valence-electron chi connectivity index (χ2n) is 6.72. The summed E-state index contributed by atoms with van der Waals surface area (Å²) in [6.45, 7) is 4.45. The number of benzene rings is 2. The number of hydrogen-bond acceptors (Lipinski definition) is 6. The van der Waals surface area contributed by atoms with Crippen LogP contribution in [-0.4, -0.2) is 62.3 Å². The maximum absolute atomic E-state index is 13.4. The molecule has 0 aliphatic carbocycles. The van der Waals surface area contributed by atoms with Crippen LogP contribution in [0, 0.1) is 0 Å². The number of aromatic nitrogens is 1. The molecule has 0 N–H and O–H groups in total. The number of methoxy groups -OCH3 is 1. The fourth-order valence-corrected chi connectivity index (χ4v) is 4.50. The second-order valence-corrected chi connectivity index (χ2v) is 8.14. The summed E-state index contributed by atoms with van der Waals surface area (Å²) in [6, 6.07) is 12.9. The fraction of sp³-hybridized carbons (Fsp3) is 0.333. The van der Waals surface area contributed by atoms with E-state index in [9.17, 15) is 4.79 Å². The second kappa shape index (κ2) is 9.09. The monoisotopic (exact) mass is 431 g/mol.